The second-order valence-electron chi connectivity index (χ2n) is 5.86. The van der Waals surface area contributed by atoms with Crippen molar-refractivity contribution in [2.75, 3.05) is 26.7 Å². The number of carbonyl (C=O) groups excluding carboxylic acids is 1. The molecule has 1 aromatic rings. The van der Waals surface area contributed by atoms with Gasteiger partial charge >= 0.3 is 0 Å². The summed E-state index contributed by atoms with van der Waals surface area (Å²) >= 11 is 0. The summed E-state index contributed by atoms with van der Waals surface area (Å²) in [6.07, 6.45) is 1.74. The molecule has 23 heavy (non-hydrogen) atoms. The highest BCUT2D eigenvalue weighted by Crippen LogP contribution is 2.35. The summed E-state index contributed by atoms with van der Waals surface area (Å²) in [5.74, 6) is -0.511. The first-order valence-corrected chi connectivity index (χ1v) is 7.28. The van der Waals surface area contributed by atoms with E-state index in [0.717, 1.165) is 4.90 Å². The second kappa shape index (κ2) is 5.97. The molecule has 1 fully saturated rings. The number of aromatic amines is 1. The summed E-state index contributed by atoms with van der Waals surface area (Å²) in [5.41, 5.74) is 1.34. The third kappa shape index (κ3) is 2.43. The monoisotopic (exact) mass is 330 g/mol. The van der Waals surface area contributed by atoms with E-state index in [4.69, 9.17) is 0 Å². The van der Waals surface area contributed by atoms with Gasteiger partial charge in [0.25, 0.3) is 5.91 Å². The minimum Gasteiger partial charge on any atom is -0.329 e. The summed E-state index contributed by atoms with van der Waals surface area (Å²) in [7, 11) is 0. The van der Waals surface area contributed by atoms with Gasteiger partial charge in [0.05, 0.1) is 17.1 Å². The van der Waals surface area contributed by atoms with Crippen LogP contribution >= 0.6 is 0 Å². The number of hydrogen-bond acceptors (Lipinski definition) is 4. The summed E-state index contributed by atoms with van der Waals surface area (Å²) in [5, 5.41) is 1.44. The highest BCUT2D eigenvalue weighted by molar-refractivity contribution is 5.96. The van der Waals surface area contributed by atoms with Crippen LogP contribution in [-0.2, 0) is 6.54 Å². The molecule has 0 radical (unpaired) electrons. The van der Waals surface area contributed by atoms with Gasteiger partial charge in [0.15, 0.2) is 0 Å². The third-order valence-corrected chi connectivity index (χ3v) is 4.75. The molecule has 2 aliphatic rings. The summed E-state index contributed by atoms with van der Waals surface area (Å²) in [6.45, 7) is -2.66. The van der Waals surface area contributed by atoms with Crippen LogP contribution in [0.2, 0.25) is 0 Å². The molecular formula is C14H17F3N4O2. The smallest absolute Gasteiger partial charge is 0.266 e. The largest absolute Gasteiger partial charge is 0.329 e. The van der Waals surface area contributed by atoms with Crippen LogP contribution in [-0.4, -0.2) is 59.1 Å². The molecule has 0 spiro atoms. The quantitative estimate of drug-likeness (QED) is 0.790. The van der Waals surface area contributed by atoms with Crippen molar-refractivity contribution in [1.82, 2.24) is 20.3 Å². The number of hydrazine groups is 1. The van der Waals surface area contributed by atoms with Crippen LogP contribution in [0.5, 0.6) is 0 Å². The standard InChI is InChI=1S/C14H17F3N4O2/c15-6-14(7-16)11(1-2-20(14)8-17)21-5-9-4-18-12(22)3-10(9)13(23)19-21/h3-4,11H,1-2,5-8H2,(H,18,22)(H,19,23)/t11-/m1/s1. The molecule has 1 amide bonds. The molecule has 9 heteroatoms. The first kappa shape index (κ1) is 16.0. The summed E-state index contributed by atoms with van der Waals surface area (Å²) < 4.78 is 40.3. The first-order valence-electron chi connectivity index (χ1n) is 7.28. The molecule has 0 aromatic carbocycles. The fourth-order valence-electron chi connectivity index (χ4n) is 3.43. The van der Waals surface area contributed by atoms with Crippen LogP contribution in [0.4, 0.5) is 13.2 Å². The number of pyridine rings is 1. The van der Waals surface area contributed by atoms with Gasteiger partial charge in [0.1, 0.15) is 20.1 Å². The number of nitrogens with one attached hydrogen (secondary N) is 2. The predicted octanol–water partition coefficient (Wildman–Crippen LogP) is 0.514. The minimum atomic E-state index is -1.61. The molecule has 1 saturated heterocycles. The van der Waals surface area contributed by atoms with Crippen molar-refractivity contribution in [2.45, 2.75) is 24.5 Å². The molecule has 0 aliphatic carbocycles. The van der Waals surface area contributed by atoms with Crippen molar-refractivity contribution in [1.29, 1.82) is 0 Å². The summed E-state index contributed by atoms with van der Waals surface area (Å²) in [6, 6.07) is 0.486. The molecule has 1 aromatic heterocycles. The zero-order chi connectivity index (χ0) is 16.6. The van der Waals surface area contributed by atoms with Crippen molar-refractivity contribution in [2.24, 2.45) is 0 Å². The van der Waals surface area contributed by atoms with Gasteiger partial charge in [-0.3, -0.25) is 19.9 Å². The number of rotatable bonds is 4. The van der Waals surface area contributed by atoms with Gasteiger partial charge < -0.3 is 4.98 Å². The van der Waals surface area contributed by atoms with Crippen molar-refractivity contribution >= 4 is 5.91 Å². The number of alkyl halides is 3. The van der Waals surface area contributed by atoms with E-state index in [1.807, 2.05) is 0 Å². The molecule has 126 valence electrons. The highest BCUT2D eigenvalue weighted by Gasteiger charge is 2.53. The molecule has 0 bridgehead atoms. The van der Waals surface area contributed by atoms with Crippen LogP contribution in [0.25, 0.3) is 0 Å². The lowest BCUT2D eigenvalue weighted by atomic mass is 9.92. The molecule has 2 N–H and O–H groups in total. The number of nitrogens with zero attached hydrogens (tertiary/aromatic N) is 2. The number of H-pyrrole nitrogens is 1. The molecule has 0 saturated carbocycles. The van der Waals surface area contributed by atoms with Gasteiger partial charge in [-0.25, -0.2) is 18.2 Å². The number of likely N-dealkylation sites (tertiary alicyclic amines) is 1. The van der Waals surface area contributed by atoms with E-state index in [-0.39, 0.29) is 18.7 Å². The Labute approximate surface area is 130 Å². The molecular weight excluding hydrogens is 313 g/mol. The first-order chi connectivity index (χ1) is 11.1. The van der Waals surface area contributed by atoms with Crippen molar-refractivity contribution in [3.05, 3.63) is 33.7 Å². The Morgan fingerprint density at radius 2 is 2.00 bits per heavy atom. The van der Waals surface area contributed by atoms with Gasteiger partial charge in [-0.1, -0.05) is 0 Å². The van der Waals surface area contributed by atoms with Gasteiger partial charge in [-0.2, -0.15) is 0 Å². The lowest BCUT2D eigenvalue weighted by Crippen LogP contribution is -2.63. The number of hydrogen-bond donors (Lipinski definition) is 2. The Bertz CT molecular complexity index is 662. The summed E-state index contributed by atoms with van der Waals surface area (Å²) in [4.78, 5) is 27.1. The zero-order valence-corrected chi connectivity index (χ0v) is 12.3. The molecule has 2 aliphatic heterocycles. The van der Waals surface area contributed by atoms with Crippen molar-refractivity contribution in [3.63, 3.8) is 0 Å². The number of fused-ring (bicyclic) bond motifs is 1. The Kier molecular flexibility index (Phi) is 4.15. The maximum absolute atomic E-state index is 13.6. The van der Waals surface area contributed by atoms with Gasteiger partial charge in [0, 0.05) is 25.4 Å². The lowest BCUT2D eigenvalue weighted by Gasteiger charge is -2.43. The van der Waals surface area contributed by atoms with Gasteiger partial charge in [0.2, 0.25) is 5.56 Å². The normalized spacial score (nSPS) is 24.5. The zero-order valence-electron chi connectivity index (χ0n) is 12.3. The van der Waals surface area contributed by atoms with E-state index >= 15 is 0 Å². The number of amides is 1. The van der Waals surface area contributed by atoms with E-state index < -0.39 is 43.2 Å². The minimum absolute atomic E-state index is 0.185. The SMILES string of the molecule is O=C1NN([C@@H]2CCN(CF)C2(CF)CF)Cc2c[nH]c(=O)cc21. The predicted molar refractivity (Wildman–Crippen MR) is 75.8 cm³/mol. The Morgan fingerprint density at radius 3 is 2.65 bits per heavy atom. The molecule has 3 rings (SSSR count). The fourth-order valence-corrected chi connectivity index (χ4v) is 3.43. The van der Waals surface area contributed by atoms with Gasteiger partial charge in [-0.05, 0) is 12.0 Å². The Balaban J connectivity index is 1.92. The number of aromatic nitrogens is 1. The third-order valence-electron chi connectivity index (χ3n) is 4.75. The average Bonchev–Trinajstić information content (AvgIpc) is 2.94. The van der Waals surface area contributed by atoms with Crippen molar-refractivity contribution < 1.29 is 18.0 Å². The van der Waals surface area contributed by atoms with E-state index in [2.05, 4.69) is 10.4 Å². The molecule has 3 heterocycles. The second-order valence-corrected chi connectivity index (χ2v) is 5.86. The Hall–Kier alpha value is -1.87. The highest BCUT2D eigenvalue weighted by atomic mass is 19.1. The van der Waals surface area contributed by atoms with E-state index in [1.165, 1.54) is 17.3 Å². The fraction of sp³-hybridized carbons (Fsp3) is 0.571. The maximum atomic E-state index is 13.6. The van der Waals surface area contributed by atoms with Crippen LogP contribution in [0.15, 0.2) is 17.1 Å². The van der Waals surface area contributed by atoms with Crippen LogP contribution < -0.4 is 11.0 Å². The van der Waals surface area contributed by atoms with E-state index in [1.54, 1.807) is 0 Å². The lowest BCUT2D eigenvalue weighted by molar-refractivity contribution is -0.0257. The Morgan fingerprint density at radius 1 is 1.26 bits per heavy atom. The molecule has 1 atom stereocenters. The van der Waals surface area contributed by atoms with Crippen LogP contribution in [0.3, 0.4) is 0 Å². The van der Waals surface area contributed by atoms with Crippen LogP contribution in [0.1, 0.15) is 22.3 Å². The number of carbonyl (C=O) groups is 1. The van der Waals surface area contributed by atoms with E-state index in [9.17, 15) is 22.8 Å². The molecule has 0 unspecified atom stereocenters. The number of halogens is 3. The molecule has 6 nitrogen and oxygen atoms in total. The average molecular weight is 330 g/mol. The topological polar surface area (TPSA) is 68.4 Å². The van der Waals surface area contributed by atoms with Gasteiger partial charge in [-0.15, -0.1) is 0 Å². The maximum Gasteiger partial charge on any atom is 0.266 e. The van der Waals surface area contributed by atoms with Crippen molar-refractivity contribution in [3.8, 4) is 0 Å². The van der Waals surface area contributed by atoms with E-state index in [0.29, 0.717) is 12.0 Å². The van der Waals surface area contributed by atoms with Crippen LogP contribution in [0, 0.1) is 0 Å².